The number of aromatic amines is 1. The molecular formula is C14H11NO. The van der Waals surface area contributed by atoms with Crippen molar-refractivity contribution in [3.63, 3.8) is 0 Å². The first-order chi connectivity index (χ1) is 7.92. The normalized spacial score (nSPS) is 10.5. The van der Waals surface area contributed by atoms with Crippen molar-refractivity contribution in [2.45, 2.75) is 0 Å². The van der Waals surface area contributed by atoms with Gasteiger partial charge in [0.15, 0.2) is 0 Å². The zero-order valence-electron chi connectivity index (χ0n) is 8.68. The van der Waals surface area contributed by atoms with Crippen LogP contribution in [0, 0.1) is 0 Å². The molecule has 1 aromatic heterocycles. The van der Waals surface area contributed by atoms with Crippen LogP contribution in [0.25, 0.3) is 10.9 Å². The first kappa shape index (κ1) is 9.04. The number of para-hydroxylation sites is 1. The van der Waals surface area contributed by atoms with E-state index in [4.69, 9.17) is 4.74 Å². The highest BCUT2D eigenvalue weighted by atomic mass is 16.5. The largest absolute Gasteiger partial charge is 0.457 e. The van der Waals surface area contributed by atoms with Gasteiger partial charge in [-0.25, -0.2) is 0 Å². The highest BCUT2D eigenvalue weighted by molar-refractivity contribution is 5.80. The number of fused-ring (bicyclic) bond motifs is 1. The molecule has 0 saturated heterocycles. The number of ether oxygens (including phenoxy) is 1. The molecular weight excluding hydrogens is 198 g/mol. The summed E-state index contributed by atoms with van der Waals surface area (Å²) in [4.78, 5) is 3.17. The van der Waals surface area contributed by atoms with E-state index in [1.807, 2.05) is 60.8 Å². The van der Waals surface area contributed by atoms with Gasteiger partial charge in [0.1, 0.15) is 11.5 Å². The molecule has 0 bridgehead atoms. The summed E-state index contributed by atoms with van der Waals surface area (Å²) in [5.74, 6) is 1.70. The third-order valence-electron chi connectivity index (χ3n) is 2.51. The van der Waals surface area contributed by atoms with Gasteiger partial charge < -0.3 is 9.72 Å². The Labute approximate surface area is 93.5 Å². The quantitative estimate of drug-likeness (QED) is 0.679. The highest BCUT2D eigenvalue weighted by Crippen LogP contribution is 2.24. The lowest BCUT2D eigenvalue weighted by molar-refractivity contribution is 0.483. The molecule has 0 atom stereocenters. The van der Waals surface area contributed by atoms with Gasteiger partial charge in [-0.1, -0.05) is 18.2 Å². The smallest absolute Gasteiger partial charge is 0.129 e. The lowest BCUT2D eigenvalue weighted by Crippen LogP contribution is -1.82. The summed E-state index contributed by atoms with van der Waals surface area (Å²) in [5, 5.41) is 1.19. The molecule has 2 nitrogen and oxygen atoms in total. The molecule has 1 heterocycles. The summed E-state index contributed by atoms with van der Waals surface area (Å²) in [7, 11) is 0. The van der Waals surface area contributed by atoms with E-state index in [1.165, 1.54) is 5.39 Å². The SMILES string of the molecule is c1ccc(Oc2ccc3cc[nH]c3c2)cc1. The highest BCUT2D eigenvalue weighted by Gasteiger charge is 1.99. The molecule has 3 aromatic rings. The van der Waals surface area contributed by atoms with Crippen molar-refractivity contribution in [3.8, 4) is 11.5 Å². The maximum Gasteiger partial charge on any atom is 0.129 e. The fourth-order valence-electron chi connectivity index (χ4n) is 1.72. The third-order valence-corrected chi connectivity index (χ3v) is 2.51. The predicted molar refractivity (Wildman–Crippen MR) is 64.8 cm³/mol. The Morgan fingerprint density at radius 2 is 1.69 bits per heavy atom. The number of hydrogen-bond acceptors (Lipinski definition) is 1. The van der Waals surface area contributed by atoms with Crippen LogP contribution in [-0.2, 0) is 0 Å². The number of benzene rings is 2. The predicted octanol–water partition coefficient (Wildman–Crippen LogP) is 3.96. The van der Waals surface area contributed by atoms with Crippen LogP contribution in [0.15, 0.2) is 60.8 Å². The number of nitrogens with one attached hydrogen (secondary N) is 1. The second kappa shape index (κ2) is 3.74. The number of aromatic nitrogens is 1. The zero-order chi connectivity index (χ0) is 10.8. The average Bonchev–Trinajstić information content (AvgIpc) is 2.77. The van der Waals surface area contributed by atoms with Gasteiger partial charge in [-0.2, -0.15) is 0 Å². The summed E-state index contributed by atoms with van der Waals surface area (Å²) in [6.45, 7) is 0. The van der Waals surface area contributed by atoms with Crippen LogP contribution in [0.2, 0.25) is 0 Å². The Hall–Kier alpha value is -2.22. The zero-order valence-corrected chi connectivity index (χ0v) is 8.68. The second-order valence-electron chi connectivity index (χ2n) is 3.64. The molecule has 2 heteroatoms. The molecule has 0 aliphatic heterocycles. The van der Waals surface area contributed by atoms with Crippen molar-refractivity contribution in [2.24, 2.45) is 0 Å². The molecule has 78 valence electrons. The number of H-pyrrole nitrogens is 1. The van der Waals surface area contributed by atoms with Crippen molar-refractivity contribution in [1.29, 1.82) is 0 Å². The molecule has 3 rings (SSSR count). The van der Waals surface area contributed by atoms with Crippen LogP contribution in [0.1, 0.15) is 0 Å². The van der Waals surface area contributed by atoms with Gasteiger partial charge in [-0.05, 0) is 35.7 Å². The fourth-order valence-corrected chi connectivity index (χ4v) is 1.72. The average molecular weight is 209 g/mol. The Morgan fingerprint density at radius 3 is 2.56 bits per heavy atom. The monoisotopic (exact) mass is 209 g/mol. The van der Waals surface area contributed by atoms with E-state index < -0.39 is 0 Å². The maximum absolute atomic E-state index is 5.74. The van der Waals surface area contributed by atoms with Crippen LogP contribution >= 0.6 is 0 Å². The molecule has 2 aromatic carbocycles. The third kappa shape index (κ3) is 1.65. The summed E-state index contributed by atoms with van der Waals surface area (Å²) >= 11 is 0. The summed E-state index contributed by atoms with van der Waals surface area (Å²) in [6.07, 6.45) is 1.93. The topological polar surface area (TPSA) is 25.0 Å². The first-order valence-corrected chi connectivity index (χ1v) is 5.22. The number of hydrogen-bond donors (Lipinski definition) is 1. The molecule has 0 spiro atoms. The van der Waals surface area contributed by atoms with Crippen LogP contribution in [0.4, 0.5) is 0 Å². The van der Waals surface area contributed by atoms with Gasteiger partial charge in [0, 0.05) is 17.8 Å². The van der Waals surface area contributed by atoms with E-state index in [2.05, 4.69) is 4.98 Å². The minimum Gasteiger partial charge on any atom is -0.457 e. The lowest BCUT2D eigenvalue weighted by atomic mass is 10.2. The van der Waals surface area contributed by atoms with Gasteiger partial charge in [0.25, 0.3) is 0 Å². The maximum atomic E-state index is 5.74. The number of rotatable bonds is 2. The molecule has 1 N–H and O–H groups in total. The van der Waals surface area contributed by atoms with E-state index in [0.717, 1.165) is 17.0 Å². The van der Waals surface area contributed by atoms with Crippen molar-refractivity contribution >= 4 is 10.9 Å². The Morgan fingerprint density at radius 1 is 0.812 bits per heavy atom. The summed E-state index contributed by atoms with van der Waals surface area (Å²) in [5.41, 5.74) is 1.09. The molecule has 0 aliphatic rings. The molecule has 0 saturated carbocycles. The first-order valence-electron chi connectivity index (χ1n) is 5.22. The van der Waals surface area contributed by atoms with Crippen molar-refractivity contribution in [1.82, 2.24) is 4.98 Å². The Balaban J connectivity index is 1.94. The second-order valence-corrected chi connectivity index (χ2v) is 3.64. The van der Waals surface area contributed by atoms with Crippen LogP contribution in [-0.4, -0.2) is 4.98 Å². The fraction of sp³-hybridized carbons (Fsp3) is 0. The van der Waals surface area contributed by atoms with Crippen molar-refractivity contribution in [2.75, 3.05) is 0 Å². The van der Waals surface area contributed by atoms with E-state index in [0.29, 0.717) is 0 Å². The van der Waals surface area contributed by atoms with Crippen LogP contribution < -0.4 is 4.74 Å². The summed E-state index contributed by atoms with van der Waals surface area (Å²) < 4.78 is 5.74. The van der Waals surface area contributed by atoms with Gasteiger partial charge in [0.05, 0.1) is 0 Å². The van der Waals surface area contributed by atoms with Crippen LogP contribution in [0.3, 0.4) is 0 Å². The van der Waals surface area contributed by atoms with E-state index in [1.54, 1.807) is 0 Å². The molecule has 0 amide bonds. The molecule has 0 unspecified atom stereocenters. The molecule has 0 radical (unpaired) electrons. The minimum absolute atomic E-state index is 0.848. The molecule has 0 aliphatic carbocycles. The van der Waals surface area contributed by atoms with Crippen molar-refractivity contribution in [3.05, 3.63) is 60.8 Å². The minimum atomic E-state index is 0.848. The standard InChI is InChI=1S/C14H11NO/c1-2-4-12(5-3-1)16-13-7-6-11-8-9-15-14(11)10-13/h1-10,15H. The van der Waals surface area contributed by atoms with Gasteiger partial charge in [-0.15, -0.1) is 0 Å². The Kier molecular flexibility index (Phi) is 2.11. The van der Waals surface area contributed by atoms with Crippen molar-refractivity contribution < 1.29 is 4.74 Å². The van der Waals surface area contributed by atoms with E-state index in [-0.39, 0.29) is 0 Å². The van der Waals surface area contributed by atoms with Crippen LogP contribution in [0.5, 0.6) is 11.5 Å². The van der Waals surface area contributed by atoms with E-state index >= 15 is 0 Å². The summed E-state index contributed by atoms with van der Waals surface area (Å²) in [6, 6.07) is 17.8. The van der Waals surface area contributed by atoms with Gasteiger partial charge >= 0.3 is 0 Å². The molecule has 16 heavy (non-hydrogen) atoms. The van der Waals surface area contributed by atoms with Gasteiger partial charge in [-0.3, -0.25) is 0 Å². The lowest BCUT2D eigenvalue weighted by Gasteiger charge is -2.04. The van der Waals surface area contributed by atoms with E-state index in [9.17, 15) is 0 Å². The molecule has 0 fully saturated rings. The Bertz CT molecular complexity index is 598. The van der Waals surface area contributed by atoms with Gasteiger partial charge in [0.2, 0.25) is 0 Å².